The fraction of sp³-hybridized carbons (Fsp3) is 0.258. The maximum atomic E-state index is 11.7. The van der Waals surface area contributed by atoms with E-state index in [1.54, 1.807) is 62.2 Å². The van der Waals surface area contributed by atoms with Crippen LogP contribution in [-0.2, 0) is 26.2 Å². The van der Waals surface area contributed by atoms with Gasteiger partial charge in [0.15, 0.2) is 6.61 Å². The Balaban J connectivity index is 1.13. The second-order valence-electron chi connectivity index (χ2n) is 10.3. The standard InChI is InChI=1S/C31H30ClN7O4/c1-3-38-19-34-12-24(38)16-39-27-10-21(31(40)41)4-6-26(27)36-29(39)17-37-14-20(15-37)8-25-13-35-30(43-25)18-42-28-7-5-23(32)9-22(28)11-33-2/h4-13,19H,3,14-18H2,1-2H3,(H,40,41). The Morgan fingerprint density at radius 1 is 1.19 bits per heavy atom. The van der Waals surface area contributed by atoms with Gasteiger partial charge in [0.2, 0.25) is 5.89 Å². The fourth-order valence-corrected chi connectivity index (χ4v) is 5.33. The molecule has 2 aromatic carbocycles. The van der Waals surface area contributed by atoms with Gasteiger partial charge < -0.3 is 23.4 Å². The molecule has 0 radical (unpaired) electrons. The molecule has 4 heterocycles. The first-order valence-electron chi connectivity index (χ1n) is 13.8. The van der Waals surface area contributed by atoms with Crippen molar-refractivity contribution in [2.75, 3.05) is 20.1 Å². The van der Waals surface area contributed by atoms with Gasteiger partial charge in [-0.1, -0.05) is 11.6 Å². The second kappa shape index (κ2) is 12.2. The molecule has 12 heteroatoms. The minimum absolute atomic E-state index is 0.179. The summed E-state index contributed by atoms with van der Waals surface area (Å²) in [4.78, 5) is 31.5. The molecule has 0 amide bonds. The predicted molar refractivity (Wildman–Crippen MR) is 163 cm³/mol. The molecular weight excluding hydrogens is 570 g/mol. The zero-order valence-electron chi connectivity index (χ0n) is 23.8. The molecule has 5 aromatic rings. The van der Waals surface area contributed by atoms with Crippen LogP contribution in [0, 0.1) is 0 Å². The Morgan fingerprint density at radius 2 is 2.05 bits per heavy atom. The van der Waals surface area contributed by atoms with Crippen molar-refractivity contribution in [1.29, 1.82) is 0 Å². The molecule has 1 aliphatic heterocycles. The molecule has 0 aliphatic carbocycles. The molecule has 0 saturated carbocycles. The van der Waals surface area contributed by atoms with Crippen LogP contribution in [0.25, 0.3) is 17.1 Å². The number of nitrogens with zero attached hydrogens (tertiary/aromatic N) is 7. The van der Waals surface area contributed by atoms with Crippen LogP contribution in [-0.4, -0.2) is 66.4 Å². The smallest absolute Gasteiger partial charge is 0.335 e. The van der Waals surface area contributed by atoms with Gasteiger partial charge in [-0.2, -0.15) is 0 Å². The summed E-state index contributed by atoms with van der Waals surface area (Å²) in [6, 6.07) is 10.4. The van der Waals surface area contributed by atoms with Gasteiger partial charge in [-0.05, 0) is 55.0 Å². The summed E-state index contributed by atoms with van der Waals surface area (Å²) in [6.07, 6.45) is 9.04. The van der Waals surface area contributed by atoms with Crippen LogP contribution in [0.4, 0.5) is 0 Å². The lowest BCUT2D eigenvalue weighted by atomic mass is 10.1. The first kappa shape index (κ1) is 28.4. The minimum atomic E-state index is -0.963. The number of imidazole rings is 2. The Morgan fingerprint density at radius 3 is 2.84 bits per heavy atom. The van der Waals surface area contributed by atoms with Crippen molar-refractivity contribution in [1.82, 2.24) is 29.0 Å². The van der Waals surface area contributed by atoms with Crippen molar-refractivity contribution in [2.45, 2.75) is 33.2 Å². The number of hydrogen-bond donors (Lipinski definition) is 1. The Hall–Kier alpha value is -4.74. The summed E-state index contributed by atoms with van der Waals surface area (Å²) in [6.45, 7) is 5.72. The van der Waals surface area contributed by atoms with E-state index < -0.39 is 5.97 Å². The number of carboxylic acid groups (broad SMARTS) is 1. The highest BCUT2D eigenvalue weighted by atomic mass is 35.5. The topological polar surface area (TPSA) is 124 Å². The van der Waals surface area contributed by atoms with Crippen LogP contribution in [0.1, 0.15) is 46.0 Å². The number of carbonyl (C=O) groups is 1. The van der Waals surface area contributed by atoms with Gasteiger partial charge in [-0.25, -0.2) is 19.7 Å². The highest BCUT2D eigenvalue weighted by Crippen LogP contribution is 2.26. The molecule has 6 rings (SSSR count). The van der Waals surface area contributed by atoms with E-state index in [1.165, 1.54) is 5.57 Å². The molecule has 1 saturated heterocycles. The number of aromatic carboxylic acids is 1. The molecule has 43 heavy (non-hydrogen) atoms. The highest BCUT2D eigenvalue weighted by Gasteiger charge is 2.24. The Bertz CT molecular complexity index is 1840. The number of likely N-dealkylation sites (tertiary alicyclic amines) is 1. The van der Waals surface area contributed by atoms with E-state index in [0.717, 1.165) is 47.7 Å². The molecule has 0 bridgehead atoms. The summed E-state index contributed by atoms with van der Waals surface area (Å²) in [7, 11) is 1.69. The van der Waals surface area contributed by atoms with E-state index in [1.807, 2.05) is 12.3 Å². The van der Waals surface area contributed by atoms with E-state index in [4.69, 9.17) is 25.7 Å². The summed E-state index contributed by atoms with van der Waals surface area (Å²) in [5, 5.41) is 10.2. The number of rotatable bonds is 11. The van der Waals surface area contributed by atoms with Crippen LogP contribution < -0.4 is 4.74 Å². The SMILES string of the molecule is CCn1cncc1Cn1c(CN2CC(=Cc3cnc(COc4ccc(Cl)cc4C=NC)o3)C2)nc2ccc(C(=O)O)cc21. The lowest BCUT2D eigenvalue weighted by Gasteiger charge is -2.33. The third-order valence-corrected chi connectivity index (χ3v) is 7.50. The van der Waals surface area contributed by atoms with Crippen LogP contribution >= 0.6 is 11.6 Å². The summed E-state index contributed by atoms with van der Waals surface area (Å²) in [5.74, 6) is 1.69. The molecule has 1 fully saturated rings. The van der Waals surface area contributed by atoms with Gasteiger partial charge in [-0.3, -0.25) is 9.89 Å². The third kappa shape index (κ3) is 6.23. The Labute approximate surface area is 252 Å². The molecule has 220 valence electrons. The summed E-state index contributed by atoms with van der Waals surface area (Å²) < 4.78 is 16.0. The number of carboxylic acids is 1. The molecule has 0 spiro atoms. The van der Waals surface area contributed by atoms with Crippen molar-refractivity contribution in [2.24, 2.45) is 4.99 Å². The number of aryl methyl sites for hydroxylation is 1. The summed E-state index contributed by atoms with van der Waals surface area (Å²) >= 11 is 6.09. The largest absolute Gasteiger partial charge is 0.483 e. The van der Waals surface area contributed by atoms with Crippen molar-refractivity contribution < 1.29 is 19.1 Å². The van der Waals surface area contributed by atoms with E-state index in [0.29, 0.717) is 35.5 Å². The van der Waals surface area contributed by atoms with Crippen molar-refractivity contribution >= 4 is 40.9 Å². The lowest BCUT2D eigenvalue weighted by molar-refractivity contribution is 0.0697. The van der Waals surface area contributed by atoms with Crippen LogP contribution in [0.2, 0.25) is 5.02 Å². The normalized spacial score (nSPS) is 13.6. The van der Waals surface area contributed by atoms with Gasteiger partial charge in [0.25, 0.3) is 0 Å². The van der Waals surface area contributed by atoms with Crippen molar-refractivity contribution in [3.8, 4) is 5.75 Å². The summed E-state index contributed by atoms with van der Waals surface area (Å²) in [5.41, 5.74) is 4.82. The average Bonchev–Trinajstić information content (AvgIpc) is 3.70. The fourth-order valence-electron chi connectivity index (χ4n) is 5.15. The number of oxazole rings is 1. The van der Waals surface area contributed by atoms with Crippen molar-refractivity contribution in [3.05, 3.63) is 100 Å². The van der Waals surface area contributed by atoms with Crippen LogP contribution in [0.5, 0.6) is 5.75 Å². The van der Waals surface area contributed by atoms with Gasteiger partial charge in [0.05, 0.1) is 47.9 Å². The third-order valence-electron chi connectivity index (χ3n) is 7.26. The molecule has 0 unspecified atom stereocenters. The monoisotopic (exact) mass is 599 g/mol. The van der Waals surface area contributed by atoms with E-state index in [-0.39, 0.29) is 12.2 Å². The molecule has 1 N–H and O–H groups in total. The first-order valence-corrected chi connectivity index (χ1v) is 14.2. The van der Waals surface area contributed by atoms with E-state index in [2.05, 4.69) is 35.9 Å². The number of benzene rings is 2. The molecule has 3 aromatic heterocycles. The van der Waals surface area contributed by atoms with Crippen molar-refractivity contribution in [3.63, 3.8) is 0 Å². The quantitative estimate of drug-likeness (QED) is 0.206. The van der Waals surface area contributed by atoms with Gasteiger partial charge in [0.1, 0.15) is 17.3 Å². The van der Waals surface area contributed by atoms with Gasteiger partial charge in [0, 0.05) is 49.7 Å². The molecular formula is C31H30ClN7O4. The number of halogens is 1. The molecule has 11 nitrogen and oxygen atoms in total. The molecule has 0 atom stereocenters. The predicted octanol–water partition coefficient (Wildman–Crippen LogP) is 5.17. The highest BCUT2D eigenvalue weighted by molar-refractivity contribution is 6.30. The average molecular weight is 600 g/mol. The Kier molecular flexibility index (Phi) is 8.08. The van der Waals surface area contributed by atoms with Gasteiger partial charge >= 0.3 is 5.97 Å². The molecule has 1 aliphatic rings. The van der Waals surface area contributed by atoms with Crippen LogP contribution in [0.15, 0.2) is 70.1 Å². The zero-order chi connectivity index (χ0) is 29.9. The maximum absolute atomic E-state index is 11.7. The number of aliphatic imine (C=N–C) groups is 1. The number of fused-ring (bicyclic) bond motifs is 1. The number of aromatic nitrogens is 5. The van der Waals surface area contributed by atoms with E-state index >= 15 is 0 Å². The number of hydrogen-bond acceptors (Lipinski definition) is 8. The lowest BCUT2D eigenvalue weighted by Crippen LogP contribution is -2.39. The van der Waals surface area contributed by atoms with Gasteiger partial charge in [-0.15, -0.1) is 0 Å². The van der Waals surface area contributed by atoms with Crippen LogP contribution in [0.3, 0.4) is 0 Å². The van der Waals surface area contributed by atoms with E-state index in [9.17, 15) is 9.90 Å². The number of ether oxygens (including phenoxy) is 1. The maximum Gasteiger partial charge on any atom is 0.335 e. The zero-order valence-corrected chi connectivity index (χ0v) is 24.5. The minimum Gasteiger partial charge on any atom is -0.483 e. The second-order valence-corrected chi connectivity index (χ2v) is 10.7. The first-order chi connectivity index (χ1) is 20.9.